The van der Waals surface area contributed by atoms with Crippen LogP contribution in [0.2, 0.25) is 0 Å². The van der Waals surface area contributed by atoms with E-state index in [2.05, 4.69) is 10.3 Å². The van der Waals surface area contributed by atoms with Crippen LogP contribution in [0.5, 0.6) is 5.75 Å². The molecular formula is C11H16N2O3. The number of carbonyl (C=O) groups excluding carboxylic acids is 1. The van der Waals surface area contributed by atoms with E-state index in [-0.39, 0.29) is 24.3 Å². The lowest BCUT2D eigenvalue weighted by Gasteiger charge is -2.12. The molecule has 0 bridgehead atoms. The predicted molar refractivity (Wildman–Crippen MR) is 59.1 cm³/mol. The van der Waals surface area contributed by atoms with Crippen molar-refractivity contribution in [2.45, 2.75) is 25.8 Å². The van der Waals surface area contributed by atoms with Gasteiger partial charge < -0.3 is 15.5 Å². The average Bonchev–Trinajstić information content (AvgIpc) is 2.26. The zero-order valence-corrected chi connectivity index (χ0v) is 9.18. The number of carbonyl (C=O) groups is 1. The highest BCUT2D eigenvalue weighted by Gasteiger charge is 2.10. The lowest BCUT2D eigenvalue weighted by Crippen LogP contribution is -2.32. The van der Waals surface area contributed by atoms with E-state index >= 15 is 0 Å². The predicted octanol–water partition coefficient (Wildman–Crippen LogP) is 0.678. The number of pyridine rings is 1. The van der Waals surface area contributed by atoms with E-state index in [0.29, 0.717) is 18.4 Å². The average molecular weight is 224 g/mol. The maximum atomic E-state index is 11.6. The molecule has 1 unspecified atom stereocenters. The molecule has 0 saturated carbocycles. The van der Waals surface area contributed by atoms with Gasteiger partial charge in [-0.2, -0.15) is 0 Å². The fourth-order valence-electron chi connectivity index (χ4n) is 1.33. The molecular weight excluding hydrogens is 208 g/mol. The molecule has 0 aliphatic carbocycles. The summed E-state index contributed by atoms with van der Waals surface area (Å²) in [5.41, 5.74) is 0.329. The summed E-state index contributed by atoms with van der Waals surface area (Å²) in [5.74, 6) is -0.301. The highest BCUT2D eigenvalue weighted by molar-refractivity contribution is 5.94. The lowest BCUT2D eigenvalue weighted by molar-refractivity contribution is 0.0935. The third kappa shape index (κ3) is 3.86. The van der Waals surface area contributed by atoms with Crippen molar-refractivity contribution in [3.8, 4) is 5.75 Å². The standard InChI is InChI=1S/C11H16N2O3/c1-8(3-2-4-14)13-11(16)9-5-10(15)7-12-6-9/h5-8,14-15H,2-4H2,1H3,(H,13,16). The van der Waals surface area contributed by atoms with E-state index in [1.165, 1.54) is 18.5 Å². The minimum atomic E-state index is -0.270. The fourth-order valence-corrected chi connectivity index (χ4v) is 1.33. The lowest BCUT2D eigenvalue weighted by atomic mass is 10.1. The maximum Gasteiger partial charge on any atom is 0.253 e. The molecule has 88 valence electrons. The Morgan fingerprint density at radius 2 is 2.31 bits per heavy atom. The summed E-state index contributed by atoms with van der Waals surface area (Å²) in [7, 11) is 0. The first-order valence-corrected chi connectivity index (χ1v) is 5.19. The summed E-state index contributed by atoms with van der Waals surface area (Å²) in [6, 6.07) is 1.35. The molecule has 0 aliphatic heterocycles. The van der Waals surface area contributed by atoms with Gasteiger partial charge in [0.15, 0.2) is 0 Å². The molecule has 1 rings (SSSR count). The van der Waals surface area contributed by atoms with Gasteiger partial charge in [0.2, 0.25) is 0 Å². The summed E-state index contributed by atoms with van der Waals surface area (Å²) in [6.45, 7) is 1.98. The van der Waals surface area contributed by atoms with Crippen LogP contribution in [0.25, 0.3) is 0 Å². The molecule has 0 radical (unpaired) electrons. The number of aliphatic hydroxyl groups is 1. The second-order valence-corrected chi connectivity index (χ2v) is 3.67. The number of hydrogen-bond acceptors (Lipinski definition) is 4. The molecule has 0 saturated heterocycles. The van der Waals surface area contributed by atoms with Gasteiger partial charge in [-0.1, -0.05) is 0 Å². The summed E-state index contributed by atoms with van der Waals surface area (Å²) in [5, 5.41) is 20.6. The van der Waals surface area contributed by atoms with E-state index in [4.69, 9.17) is 10.2 Å². The van der Waals surface area contributed by atoms with Gasteiger partial charge in [0, 0.05) is 18.8 Å². The van der Waals surface area contributed by atoms with Crippen LogP contribution in [0.3, 0.4) is 0 Å². The number of rotatable bonds is 5. The van der Waals surface area contributed by atoms with Crippen molar-refractivity contribution < 1.29 is 15.0 Å². The van der Waals surface area contributed by atoms with E-state index in [0.717, 1.165) is 0 Å². The number of aromatic hydroxyl groups is 1. The Morgan fingerprint density at radius 3 is 2.94 bits per heavy atom. The largest absolute Gasteiger partial charge is 0.506 e. The Morgan fingerprint density at radius 1 is 1.56 bits per heavy atom. The maximum absolute atomic E-state index is 11.6. The Bertz CT molecular complexity index is 355. The highest BCUT2D eigenvalue weighted by Crippen LogP contribution is 2.08. The topological polar surface area (TPSA) is 82.5 Å². The van der Waals surface area contributed by atoms with Crippen molar-refractivity contribution in [3.63, 3.8) is 0 Å². The van der Waals surface area contributed by atoms with Crippen molar-refractivity contribution in [1.82, 2.24) is 10.3 Å². The van der Waals surface area contributed by atoms with E-state index in [1.54, 1.807) is 0 Å². The van der Waals surface area contributed by atoms with Gasteiger partial charge >= 0.3 is 0 Å². The Hall–Kier alpha value is -1.62. The SMILES string of the molecule is CC(CCCO)NC(=O)c1cncc(O)c1. The van der Waals surface area contributed by atoms with Crippen LogP contribution in [-0.4, -0.2) is 33.8 Å². The monoisotopic (exact) mass is 224 g/mol. The molecule has 1 aromatic heterocycles. The normalized spacial score (nSPS) is 12.1. The zero-order valence-electron chi connectivity index (χ0n) is 9.18. The third-order valence-corrected chi connectivity index (χ3v) is 2.16. The van der Waals surface area contributed by atoms with Crippen molar-refractivity contribution in [1.29, 1.82) is 0 Å². The van der Waals surface area contributed by atoms with Gasteiger partial charge in [0.05, 0.1) is 11.8 Å². The van der Waals surface area contributed by atoms with Gasteiger partial charge in [-0.15, -0.1) is 0 Å². The van der Waals surface area contributed by atoms with Gasteiger partial charge in [0.25, 0.3) is 5.91 Å². The van der Waals surface area contributed by atoms with Crippen molar-refractivity contribution in [3.05, 3.63) is 24.0 Å². The first-order chi connectivity index (χ1) is 7.63. The summed E-state index contributed by atoms with van der Waals surface area (Å²) in [4.78, 5) is 15.4. The molecule has 1 heterocycles. The van der Waals surface area contributed by atoms with Crippen LogP contribution >= 0.6 is 0 Å². The minimum absolute atomic E-state index is 0.0120. The fraction of sp³-hybridized carbons (Fsp3) is 0.455. The Labute approximate surface area is 94.1 Å². The molecule has 1 amide bonds. The first kappa shape index (κ1) is 12.4. The smallest absolute Gasteiger partial charge is 0.253 e. The number of aliphatic hydroxyl groups excluding tert-OH is 1. The molecule has 0 spiro atoms. The molecule has 0 aromatic carbocycles. The van der Waals surface area contributed by atoms with Crippen molar-refractivity contribution in [2.24, 2.45) is 0 Å². The molecule has 5 heteroatoms. The molecule has 0 fully saturated rings. The number of hydrogen-bond donors (Lipinski definition) is 3. The van der Waals surface area contributed by atoms with Crippen molar-refractivity contribution in [2.75, 3.05) is 6.61 Å². The number of nitrogens with one attached hydrogen (secondary N) is 1. The Balaban J connectivity index is 2.52. The molecule has 0 aliphatic rings. The molecule has 1 aromatic rings. The molecule has 3 N–H and O–H groups in total. The van der Waals surface area contributed by atoms with Gasteiger partial charge in [-0.05, 0) is 25.8 Å². The number of aromatic nitrogens is 1. The van der Waals surface area contributed by atoms with Crippen LogP contribution in [0.1, 0.15) is 30.1 Å². The first-order valence-electron chi connectivity index (χ1n) is 5.19. The van der Waals surface area contributed by atoms with E-state index < -0.39 is 0 Å². The second-order valence-electron chi connectivity index (χ2n) is 3.67. The molecule has 5 nitrogen and oxygen atoms in total. The summed E-state index contributed by atoms with van der Waals surface area (Å²) in [6.07, 6.45) is 4.04. The van der Waals surface area contributed by atoms with Crippen LogP contribution in [0.4, 0.5) is 0 Å². The van der Waals surface area contributed by atoms with Crippen LogP contribution < -0.4 is 5.32 Å². The number of nitrogens with zero attached hydrogens (tertiary/aromatic N) is 1. The zero-order chi connectivity index (χ0) is 12.0. The summed E-state index contributed by atoms with van der Waals surface area (Å²) >= 11 is 0. The van der Waals surface area contributed by atoms with Crippen LogP contribution in [0, 0.1) is 0 Å². The quantitative estimate of drug-likeness (QED) is 0.686. The Kier molecular flexibility index (Phi) is 4.72. The van der Waals surface area contributed by atoms with E-state index in [1.807, 2.05) is 6.92 Å². The van der Waals surface area contributed by atoms with Gasteiger partial charge in [-0.25, -0.2) is 0 Å². The third-order valence-electron chi connectivity index (χ3n) is 2.16. The minimum Gasteiger partial charge on any atom is -0.506 e. The van der Waals surface area contributed by atoms with Crippen molar-refractivity contribution >= 4 is 5.91 Å². The molecule has 16 heavy (non-hydrogen) atoms. The molecule has 1 atom stereocenters. The van der Waals surface area contributed by atoms with Crippen LogP contribution in [-0.2, 0) is 0 Å². The van der Waals surface area contributed by atoms with Gasteiger partial charge in [-0.3, -0.25) is 9.78 Å². The summed E-state index contributed by atoms with van der Waals surface area (Å²) < 4.78 is 0. The number of amides is 1. The van der Waals surface area contributed by atoms with E-state index in [9.17, 15) is 4.79 Å². The van der Waals surface area contributed by atoms with Gasteiger partial charge in [0.1, 0.15) is 5.75 Å². The second kappa shape index (κ2) is 6.07. The highest BCUT2D eigenvalue weighted by atomic mass is 16.3. The van der Waals surface area contributed by atoms with Crippen LogP contribution in [0.15, 0.2) is 18.5 Å².